The number of likely N-dealkylation sites (tertiary alicyclic amines) is 1. The predicted molar refractivity (Wildman–Crippen MR) is 133 cm³/mol. The van der Waals surface area contributed by atoms with Gasteiger partial charge in [-0.3, -0.25) is 4.79 Å². The third-order valence-electron chi connectivity index (χ3n) is 6.38. The highest BCUT2D eigenvalue weighted by molar-refractivity contribution is 5.78. The molecule has 1 saturated heterocycles. The van der Waals surface area contributed by atoms with Crippen LogP contribution in [0, 0.1) is 11.3 Å². The standard InChI is InChI=1S/C27H33N5O3/c1-4-7-23(19-8-10-22(15-19)29-17-25(33)32-12-5-6-13-32)26-30-27(35-31-26)20-9-11-24(34-18(2)3)21(14-20)16-28/h4,7,9,11,14,18,22,29H,5-6,8,10,12-13,15,17H2,1-3H3. The van der Waals surface area contributed by atoms with E-state index >= 15 is 0 Å². The molecular formula is C27H33N5O3. The Bertz CT molecular complexity index is 1150. The summed E-state index contributed by atoms with van der Waals surface area (Å²) in [6.07, 6.45) is 8.90. The number of nitriles is 1. The van der Waals surface area contributed by atoms with Crippen LogP contribution in [-0.2, 0) is 4.79 Å². The molecule has 1 amide bonds. The molecule has 4 rings (SSSR count). The lowest BCUT2D eigenvalue weighted by atomic mass is 10.1. The number of hydrogen-bond donors (Lipinski definition) is 1. The fraction of sp³-hybridized carbons (Fsp3) is 0.481. The normalized spacial score (nSPS) is 19.5. The maximum absolute atomic E-state index is 12.4. The first-order valence-corrected chi connectivity index (χ1v) is 12.4. The Morgan fingerprint density at radius 2 is 2.17 bits per heavy atom. The number of amides is 1. The second-order valence-electron chi connectivity index (χ2n) is 9.34. The van der Waals surface area contributed by atoms with Crippen molar-refractivity contribution in [3.05, 3.63) is 47.3 Å². The van der Waals surface area contributed by atoms with E-state index in [4.69, 9.17) is 9.26 Å². The van der Waals surface area contributed by atoms with E-state index in [1.165, 1.54) is 5.57 Å². The van der Waals surface area contributed by atoms with Gasteiger partial charge in [-0.25, -0.2) is 0 Å². The number of ether oxygens (including phenoxy) is 1. The van der Waals surface area contributed by atoms with Crippen molar-refractivity contribution >= 4 is 11.5 Å². The molecule has 8 nitrogen and oxygen atoms in total. The first kappa shape index (κ1) is 24.7. The van der Waals surface area contributed by atoms with Gasteiger partial charge in [0.1, 0.15) is 11.8 Å². The Kier molecular flexibility index (Phi) is 7.98. The van der Waals surface area contributed by atoms with Gasteiger partial charge in [-0.15, -0.1) is 0 Å². The van der Waals surface area contributed by atoms with Gasteiger partial charge in [0.2, 0.25) is 11.7 Å². The van der Waals surface area contributed by atoms with Crippen molar-refractivity contribution in [1.82, 2.24) is 20.4 Å². The van der Waals surface area contributed by atoms with Crippen LogP contribution in [0.15, 0.2) is 40.4 Å². The van der Waals surface area contributed by atoms with E-state index in [-0.39, 0.29) is 18.1 Å². The van der Waals surface area contributed by atoms with E-state index in [0.29, 0.717) is 35.1 Å². The van der Waals surface area contributed by atoms with Crippen LogP contribution in [0.3, 0.4) is 0 Å². The Morgan fingerprint density at radius 3 is 2.89 bits per heavy atom. The third-order valence-corrected chi connectivity index (χ3v) is 6.38. The van der Waals surface area contributed by atoms with E-state index in [0.717, 1.165) is 50.8 Å². The molecule has 2 aliphatic rings. The van der Waals surface area contributed by atoms with Crippen molar-refractivity contribution in [2.24, 2.45) is 0 Å². The monoisotopic (exact) mass is 475 g/mol. The van der Waals surface area contributed by atoms with E-state index in [9.17, 15) is 10.1 Å². The van der Waals surface area contributed by atoms with Crippen LogP contribution in [0.5, 0.6) is 5.75 Å². The maximum Gasteiger partial charge on any atom is 0.258 e. The molecule has 184 valence electrons. The molecule has 1 aromatic heterocycles. The zero-order valence-electron chi connectivity index (χ0n) is 20.7. The minimum Gasteiger partial charge on any atom is -0.490 e. The molecule has 8 heteroatoms. The lowest BCUT2D eigenvalue weighted by molar-refractivity contribution is -0.129. The van der Waals surface area contributed by atoms with Crippen molar-refractivity contribution in [2.75, 3.05) is 19.6 Å². The summed E-state index contributed by atoms with van der Waals surface area (Å²) < 4.78 is 11.3. The van der Waals surface area contributed by atoms with Crippen molar-refractivity contribution in [3.63, 3.8) is 0 Å². The molecule has 1 unspecified atom stereocenters. The Labute approximate surface area is 206 Å². The molecule has 0 spiro atoms. The molecule has 1 aromatic carbocycles. The van der Waals surface area contributed by atoms with Crippen LogP contribution in [0.1, 0.15) is 64.3 Å². The second kappa shape index (κ2) is 11.3. The van der Waals surface area contributed by atoms with E-state index in [2.05, 4.69) is 21.5 Å². The molecule has 1 aliphatic carbocycles. The number of nitrogens with one attached hydrogen (secondary N) is 1. The van der Waals surface area contributed by atoms with Gasteiger partial charge in [-0.05, 0) is 71.1 Å². The highest BCUT2D eigenvalue weighted by Gasteiger charge is 2.26. The number of carbonyl (C=O) groups is 1. The fourth-order valence-electron chi connectivity index (χ4n) is 4.65. The summed E-state index contributed by atoms with van der Waals surface area (Å²) in [4.78, 5) is 19.0. The summed E-state index contributed by atoms with van der Waals surface area (Å²) in [6.45, 7) is 7.96. The van der Waals surface area contributed by atoms with Crippen LogP contribution in [0.4, 0.5) is 0 Å². The van der Waals surface area contributed by atoms with Gasteiger partial charge in [-0.2, -0.15) is 10.2 Å². The fourth-order valence-corrected chi connectivity index (χ4v) is 4.65. The molecule has 0 radical (unpaired) electrons. The summed E-state index contributed by atoms with van der Waals surface area (Å²) in [5, 5.41) is 17.2. The number of carbonyl (C=O) groups excluding carboxylic acids is 1. The van der Waals surface area contributed by atoms with Crippen molar-refractivity contribution < 1.29 is 14.1 Å². The molecular weight excluding hydrogens is 442 g/mol. The van der Waals surface area contributed by atoms with Crippen molar-refractivity contribution in [2.45, 2.75) is 65.0 Å². The van der Waals surface area contributed by atoms with E-state index < -0.39 is 0 Å². The van der Waals surface area contributed by atoms with Crippen molar-refractivity contribution in [1.29, 1.82) is 5.26 Å². The zero-order chi connectivity index (χ0) is 24.8. The third kappa shape index (κ3) is 5.98. The topological polar surface area (TPSA) is 104 Å². The molecule has 1 saturated carbocycles. The summed E-state index contributed by atoms with van der Waals surface area (Å²) in [6, 6.07) is 7.74. The summed E-state index contributed by atoms with van der Waals surface area (Å²) >= 11 is 0. The highest BCUT2D eigenvalue weighted by Crippen LogP contribution is 2.33. The molecule has 2 heterocycles. The highest BCUT2D eigenvalue weighted by atomic mass is 16.5. The van der Waals surface area contributed by atoms with Crippen LogP contribution in [0.25, 0.3) is 17.0 Å². The number of hydrogen-bond acceptors (Lipinski definition) is 7. The summed E-state index contributed by atoms with van der Waals surface area (Å²) in [7, 11) is 0. The van der Waals surface area contributed by atoms with E-state index in [1.807, 2.05) is 43.9 Å². The average molecular weight is 476 g/mol. The second-order valence-corrected chi connectivity index (χ2v) is 9.34. The van der Waals surface area contributed by atoms with Gasteiger partial charge < -0.3 is 19.5 Å². The lowest BCUT2D eigenvalue weighted by Gasteiger charge is -2.17. The van der Waals surface area contributed by atoms with Crippen LogP contribution >= 0.6 is 0 Å². The summed E-state index contributed by atoms with van der Waals surface area (Å²) in [5.74, 6) is 1.62. The van der Waals surface area contributed by atoms with Gasteiger partial charge >= 0.3 is 0 Å². The number of rotatable bonds is 8. The minimum atomic E-state index is -0.0268. The number of benzene rings is 1. The average Bonchev–Trinajstić information content (AvgIpc) is 3.63. The number of nitrogens with zero attached hydrogens (tertiary/aromatic N) is 4. The van der Waals surface area contributed by atoms with Gasteiger partial charge in [0.05, 0.1) is 18.2 Å². The first-order chi connectivity index (χ1) is 17.0. The molecule has 2 aromatic rings. The quantitative estimate of drug-likeness (QED) is 0.600. The van der Waals surface area contributed by atoms with Crippen LogP contribution in [-0.4, -0.2) is 52.7 Å². The maximum atomic E-state index is 12.4. The Morgan fingerprint density at radius 1 is 1.37 bits per heavy atom. The molecule has 1 aliphatic heterocycles. The SMILES string of the molecule is CC=CC(=C1CCC(NCC(=O)N2CCCC2)C1)c1noc(-c2ccc(OC(C)C)c(C#N)c2)n1. The smallest absolute Gasteiger partial charge is 0.258 e. The summed E-state index contributed by atoms with van der Waals surface area (Å²) in [5.41, 5.74) is 3.31. The molecule has 35 heavy (non-hydrogen) atoms. The van der Waals surface area contributed by atoms with Gasteiger partial charge in [0.15, 0.2) is 0 Å². The predicted octanol–water partition coefficient (Wildman–Crippen LogP) is 4.49. The lowest BCUT2D eigenvalue weighted by Crippen LogP contribution is -2.39. The Balaban J connectivity index is 1.48. The molecule has 0 bridgehead atoms. The first-order valence-electron chi connectivity index (χ1n) is 12.4. The van der Waals surface area contributed by atoms with Crippen LogP contribution in [0.2, 0.25) is 0 Å². The van der Waals surface area contributed by atoms with Crippen molar-refractivity contribution in [3.8, 4) is 23.3 Å². The minimum absolute atomic E-state index is 0.0268. The molecule has 1 N–H and O–H groups in total. The molecule has 2 fully saturated rings. The zero-order valence-corrected chi connectivity index (χ0v) is 20.7. The molecule has 1 atom stereocenters. The Hall–Kier alpha value is -3.44. The number of aromatic nitrogens is 2. The van der Waals surface area contributed by atoms with Gasteiger partial charge in [0, 0.05) is 30.3 Å². The van der Waals surface area contributed by atoms with Crippen LogP contribution < -0.4 is 10.1 Å². The van der Waals surface area contributed by atoms with E-state index in [1.54, 1.807) is 12.1 Å². The van der Waals surface area contributed by atoms with Gasteiger partial charge in [-0.1, -0.05) is 22.9 Å². The largest absolute Gasteiger partial charge is 0.490 e. The van der Waals surface area contributed by atoms with Gasteiger partial charge in [0.25, 0.3) is 5.89 Å². The number of allylic oxidation sites excluding steroid dienone is 3.